The first-order chi connectivity index (χ1) is 8.61. The number of hydrogen-bond acceptors (Lipinski definition) is 4. The first-order valence-corrected chi connectivity index (χ1v) is 5.76. The molecule has 0 saturated heterocycles. The number of aromatic nitrogens is 3. The maximum atomic E-state index is 11.9. The molecule has 1 N–H and O–H groups in total. The van der Waals surface area contributed by atoms with Crippen molar-refractivity contribution in [2.45, 2.75) is 0 Å². The van der Waals surface area contributed by atoms with Crippen LogP contribution in [0, 0.1) is 11.3 Å². The van der Waals surface area contributed by atoms with Crippen LogP contribution in [0.25, 0.3) is 0 Å². The van der Waals surface area contributed by atoms with Gasteiger partial charge in [0, 0.05) is 13.2 Å². The lowest BCUT2D eigenvalue weighted by Crippen LogP contribution is -2.15. The third-order valence-corrected chi connectivity index (χ3v) is 2.75. The average Bonchev–Trinajstić information content (AvgIpc) is 2.71. The molecule has 1 amide bonds. The average molecular weight is 306 g/mol. The number of rotatable bonds is 2. The van der Waals surface area contributed by atoms with Gasteiger partial charge in [0.15, 0.2) is 0 Å². The molecule has 6 nitrogen and oxygen atoms in total. The quantitative estimate of drug-likeness (QED) is 0.856. The zero-order chi connectivity index (χ0) is 13.1. The summed E-state index contributed by atoms with van der Waals surface area (Å²) >= 11 is 3.19. The van der Waals surface area contributed by atoms with E-state index < -0.39 is 0 Å². The van der Waals surface area contributed by atoms with Gasteiger partial charge in [0.25, 0.3) is 5.91 Å². The molecule has 0 fully saturated rings. The first-order valence-electron chi connectivity index (χ1n) is 4.97. The Labute approximate surface area is 111 Å². The minimum absolute atomic E-state index is 0.316. The number of hydrogen-bond donors (Lipinski definition) is 1. The van der Waals surface area contributed by atoms with Gasteiger partial charge in [-0.05, 0) is 28.1 Å². The van der Waals surface area contributed by atoms with Gasteiger partial charge in [-0.15, -0.1) is 0 Å². The Morgan fingerprint density at radius 3 is 2.89 bits per heavy atom. The smallest absolute Gasteiger partial charge is 0.258 e. The van der Waals surface area contributed by atoms with Gasteiger partial charge in [0.1, 0.15) is 22.1 Å². The van der Waals surface area contributed by atoms with Crippen molar-refractivity contribution in [1.29, 1.82) is 5.26 Å². The molecule has 7 heteroatoms. The third kappa shape index (κ3) is 2.38. The zero-order valence-electron chi connectivity index (χ0n) is 9.38. The first kappa shape index (κ1) is 12.3. The van der Waals surface area contributed by atoms with Crippen LogP contribution in [0.1, 0.15) is 15.9 Å². The van der Waals surface area contributed by atoms with Crippen LogP contribution in [0.5, 0.6) is 0 Å². The molecule has 0 aromatic carbocycles. The van der Waals surface area contributed by atoms with Crippen LogP contribution in [0.4, 0.5) is 5.82 Å². The lowest BCUT2D eigenvalue weighted by molar-refractivity contribution is 0.102. The number of nitriles is 1. The number of pyridine rings is 1. The largest absolute Gasteiger partial charge is 0.306 e. The fourth-order valence-corrected chi connectivity index (χ4v) is 1.59. The Morgan fingerprint density at radius 2 is 2.28 bits per heavy atom. The number of halogens is 1. The summed E-state index contributed by atoms with van der Waals surface area (Å²) in [4.78, 5) is 15.9. The van der Waals surface area contributed by atoms with Gasteiger partial charge in [-0.2, -0.15) is 10.4 Å². The molecule has 0 aliphatic rings. The molecule has 2 aromatic heterocycles. The fourth-order valence-electron chi connectivity index (χ4n) is 1.36. The molecule has 0 aliphatic heterocycles. The van der Waals surface area contributed by atoms with Gasteiger partial charge in [0.2, 0.25) is 0 Å². The number of nitrogens with zero attached hydrogens (tertiary/aromatic N) is 4. The Bertz CT molecular complexity index is 626. The van der Waals surface area contributed by atoms with Crippen molar-refractivity contribution in [3.63, 3.8) is 0 Å². The number of carbonyl (C=O) groups excluding carboxylic acids is 1. The highest BCUT2D eigenvalue weighted by Gasteiger charge is 2.13. The predicted molar refractivity (Wildman–Crippen MR) is 67.8 cm³/mol. The van der Waals surface area contributed by atoms with Gasteiger partial charge in [-0.1, -0.05) is 0 Å². The molecule has 0 unspecified atom stereocenters. The molecular weight excluding hydrogens is 298 g/mol. The Balaban J connectivity index is 2.24. The van der Waals surface area contributed by atoms with Crippen LogP contribution in [0.2, 0.25) is 0 Å². The van der Waals surface area contributed by atoms with Crippen molar-refractivity contribution < 1.29 is 4.79 Å². The zero-order valence-corrected chi connectivity index (χ0v) is 11.0. The minimum atomic E-state index is -0.338. The molecule has 0 spiro atoms. The van der Waals surface area contributed by atoms with E-state index in [1.165, 1.54) is 17.1 Å². The maximum absolute atomic E-state index is 11.9. The number of amides is 1. The molecule has 2 heterocycles. The Hall–Kier alpha value is -2.20. The van der Waals surface area contributed by atoms with E-state index in [9.17, 15) is 4.79 Å². The van der Waals surface area contributed by atoms with Crippen molar-refractivity contribution in [2.24, 2.45) is 7.05 Å². The normalized spacial score (nSPS) is 9.83. The fraction of sp³-hybridized carbons (Fsp3) is 0.0909. The maximum Gasteiger partial charge on any atom is 0.258 e. The summed E-state index contributed by atoms with van der Waals surface area (Å²) in [5.41, 5.74) is 0.721. The van der Waals surface area contributed by atoms with E-state index in [1.54, 1.807) is 19.2 Å². The van der Waals surface area contributed by atoms with E-state index in [2.05, 4.69) is 31.3 Å². The summed E-state index contributed by atoms with van der Waals surface area (Å²) in [6, 6.07) is 5.26. The topological polar surface area (TPSA) is 83.6 Å². The Kier molecular flexibility index (Phi) is 3.39. The summed E-state index contributed by atoms with van der Waals surface area (Å²) in [5.74, 6) is 0.0283. The summed E-state index contributed by atoms with van der Waals surface area (Å²) in [5, 5.41) is 15.4. The molecule has 2 rings (SSSR count). The highest BCUT2D eigenvalue weighted by Crippen LogP contribution is 2.14. The van der Waals surface area contributed by atoms with Crippen LogP contribution < -0.4 is 5.32 Å². The SMILES string of the molecule is Cn1ncc(C#N)c1NC(=O)c1ccc(Br)nc1. The number of carbonyl (C=O) groups is 1. The van der Waals surface area contributed by atoms with Crippen LogP contribution in [0.15, 0.2) is 29.1 Å². The van der Waals surface area contributed by atoms with E-state index in [0.29, 0.717) is 21.5 Å². The van der Waals surface area contributed by atoms with E-state index >= 15 is 0 Å². The van der Waals surface area contributed by atoms with Gasteiger partial charge < -0.3 is 5.32 Å². The van der Waals surface area contributed by atoms with Gasteiger partial charge in [-0.3, -0.25) is 9.48 Å². The molecular formula is C11H8BrN5O. The highest BCUT2D eigenvalue weighted by molar-refractivity contribution is 9.10. The lowest BCUT2D eigenvalue weighted by Gasteiger charge is -2.05. The number of aryl methyl sites for hydroxylation is 1. The third-order valence-electron chi connectivity index (χ3n) is 2.28. The lowest BCUT2D eigenvalue weighted by atomic mass is 10.2. The number of nitrogens with one attached hydrogen (secondary N) is 1. The van der Waals surface area contributed by atoms with Crippen LogP contribution >= 0.6 is 15.9 Å². The molecule has 0 aliphatic carbocycles. The second-order valence-corrected chi connectivity index (χ2v) is 4.28. The van der Waals surface area contributed by atoms with E-state index in [4.69, 9.17) is 5.26 Å². The highest BCUT2D eigenvalue weighted by atomic mass is 79.9. The summed E-state index contributed by atoms with van der Waals surface area (Å²) < 4.78 is 2.08. The Morgan fingerprint density at radius 1 is 1.50 bits per heavy atom. The van der Waals surface area contributed by atoms with Crippen molar-refractivity contribution in [2.75, 3.05) is 5.32 Å². The second-order valence-electron chi connectivity index (χ2n) is 3.47. The molecule has 18 heavy (non-hydrogen) atoms. The molecule has 0 radical (unpaired) electrons. The molecule has 2 aromatic rings. The van der Waals surface area contributed by atoms with Crippen molar-refractivity contribution in [1.82, 2.24) is 14.8 Å². The van der Waals surface area contributed by atoms with Crippen LogP contribution in [0.3, 0.4) is 0 Å². The summed E-state index contributed by atoms with van der Waals surface area (Å²) in [7, 11) is 1.65. The summed E-state index contributed by atoms with van der Waals surface area (Å²) in [6.45, 7) is 0. The molecule has 0 bridgehead atoms. The second kappa shape index (κ2) is 4.98. The molecule has 90 valence electrons. The van der Waals surface area contributed by atoms with E-state index in [1.807, 2.05) is 6.07 Å². The van der Waals surface area contributed by atoms with Crippen molar-refractivity contribution >= 4 is 27.7 Å². The monoisotopic (exact) mass is 305 g/mol. The molecule has 0 atom stereocenters. The molecule has 0 saturated carbocycles. The van der Waals surface area contributed by atoms with Crippen molar-refractivity contribution in [3.05, 3.63) is 40.3 Å². The van der Waals surface area contributed by atoms with E-state index in [-0.39, 0.29) is 5.91 Å². The standard InChI is InChI=1S/C11H8BrN5O/c1-17-10(8(4-13)6-15-17)16-11(18)7-2-3-9(12)14-5-7/h2-3,5-6H,1H3,(H,16,18). The van der Waals surface area contributed by atoms with Gasteiger partial charge in [0.05, 0.1) is 11.8 Å². The predicted octanol–water partition coefficient (Wildman–Crippen LogP) is 1.70. The van der Waals surface area contributed by atoms with Crippen molar-refractivity contribution in [3.8, 4) is 6.07 Å². The van der Waals surface area contributed by atoms with E-state index in [0.717, 1.165) is 0 Å². The minimum Gasteiger partial charge on any atom is -0.306 e. The number of anilines is 1. The van der Waals surface area contributed by atoms with Gasteiger partial charge >= 0.3 is 0 Å². The van der Waals surface area contributed by atoms with Crippen LogP contribution in [-0.4, -0.2) is 20.7 Å². The van der Waals surface area contributed by atoms with Crippen LogP contribution in [-0.2, 0) is 7.05 Å². The summed E-state index contributed by atoms with van der Waals surface area (Å²) in [6.07, 6.45) is 2.84. The van der Waals surface area contributed by atoms with Gasteiger partial charge in [-0.25, -0.2) is 4.98 Å².